The van der Waals surface area contributed by atoms with Crippen LogP contribution >= 0.6 is 0 Å². The molecule has 0 atom stereocenters. The summed E-state index contributed by atoms with van der Waals surface area (Å²) in [6.07, 6.45) is 5.78. The van der Waals surface area contributed by atoms with Gasteiger partial charge in [-0.2, -0.15) is 0 Å². The van der Waals surface area contributed by atoms with Gasteiger partial charge in [-0.25, -0.2) is 4.98 Å². The van der Waals surface area contributed by atoms with Gasteiger partial charge in [-0.3, -0.25) is 9.59 Å². The van der Waals surface area contributed by atoms with Crippen LogP contribution in [0, 0.1) is 0 Å². The first kappa shape index (κ1) is 14.6. The Morgan fingerprint density at radius 3 is 2.75 bits per heavy atom. The average molecular weight is 278 g/mol. The molecule has 0 aromatic carbocycles. The van der Waals surface area contributed by atoms with Crippen molar-refractivity contribution in [2.24, 2.45) is 0 Å². The molecule has 0 unspecified atom stereocenters. The molecule has 1 aromatic rings. The molecule has 6 heteroatoms. The zero-order chi connectivity index (χ0) is 14.8. The maximum Gasteiger partial charge on any atom is 0.293 e. The minimum atomic E-state index is -0.292. The molecule has 6 nitrogen and oxygen atoms in total. The molecule has 1 aromatic heterocycles. The second kappa shape index (κ2) is 5.64. The number of carbonyl (C=O) groups is 1. The highest BCUT2D eigenvalue weighted by atomic mass is 16.1. The summed E-state index contributed by atoms with van der Waals surface area (Å²) >= 11 is 0. The molecule has 2 rings (SSSR count). The molecule has 110 valence electrons. The molecule has 0 saturated heterocycles. The van der Waals surface area contributed by atoms with Gasteiger partial charge in [0.2, 0.25) is 5.91 Å². The second-order valence-corrected chi connectivity index (χ2v) is 6.14. The van der Waals surface area contributed by atoms with E-state index in [1.165, 1.54) is 0 Å². The Morgan fingerprint density at radius 1 is 1.45 bits per heavy atom. The lowest BCUT2D eigenvalue weighted by atomic mass is 10.1. The van der Waals surface area contributed by atoms with Crippen LogP contribution in [0.25, 0.3) is 0 Å². The Kier molecular flexibility index (Phi) is 4.11. The van der Waals surface area contributed by atoms with Gasteiger partial charge in [0.1, 0.15) is 0 Å². The Morgan fingerprint density at radius 2 is 2.15 bits per heavy atom. The SMILES string of the molecule is CC(C)(C)n1ccnc(NCCC(=O)NC2CC2)c1=O. The van der Waals surface area contributed by atoms with E-state index in [4.69, 9.17) is 0 Å². The number of anilines is 1. The molecule has 20 heavy (non-hydrogen) atoms. The third-order valence-electron chi connectivity index (χ3n) is 3.15. The van der Waals surface area contributed by atoms with Crippen molar-refractivity contribution in [2.75, 3.05) is 11.9 Å². The topological polar surface area (TPSA) is 76.0 Å². The molecule has 1 heterocycles. The summed E-state index contributed by atoms with van der Waals surface area (Å²) in [5, 5.41) is 5.85. The van der Waals surface area contributed by atoms with Crippen molar-refractivity contribution in [3.05, 3.63) is 22.7 Å². The van der Waals surface area contributed by atoms with E-state index in [0.29, 0.717) is 24.8 Å². The van der Waals surface area contributed by atoms with Crippen molar-refractivity contribution in [1.82, 2.24) is 14.9 Å². The molecular weight excluding hydrogens is 256 g/mol. The molecule has 0 spiro atoms. The summed E-state index contributed by atoms with van der Waals surface area (Å²) in [7, 11) is 0. The Labute approximate surface area is 118 Å². The van der Waals surface area contributed by atoms with E-state index in [0.717, 1.165) is 12.8 Å². The maximum atomic E-state index is 12.2. The van der Waals surface area contributed by atoms with E-state index in [-0.39, 0.29) is 17.0 Å². The summed E-state index contributed by atoms with van der Waals surface area (Å²) in [4.78, 5) is 27.8. The van der Waals surface area contributed by atoms with Crippen LogP contribution in [0.5, 0.6) is 0 Å². The van der Waals surface area contributed by atoms with Crippen molar-refractivity contribution < 1.29 is 4.79 Å². The summed E-state index contributed by atoms with van der Waals surface area (Å²) in [5.74, 6) is 0.314. The van der Waals surface area contributed by atoms with Crippen LogP contribution < -0.4 is 16.2 Å². The molecule has 1 amide bonds. The summed E-state index contributed by atoms with van der Waals surface area (Å²) < 4.78 is 1.63. The third kappa shape index (κ3) is 3.82. The van der Waals surface area contributed by atoms with Crippen molar-refractivity contribution in [3.8, 4) is 0 Å². The number of hydrogen-bond donors (Lipinski definition) is 2. The van der Waals surface area contributed by atoms with Gasteiger partial charge in [0, 0.05) is 36.9 Å². The van der Waals surface area contributed by atoms with E-state index < -0.39 is 0 Å². The number of nitrogens with one attached hydrogen (secondary N) is 2. The highest BCUT2D eigenvalue weighted by Gasteiger charge is 2.23. The lowest BCUT2D eigenvalue weighted by Crippen LogP contribution is -2.35. The number of aromatic nitrogens is 2. The van der Waals surface area contributed by atoms with E-state index >= 15 is 0 Å². The van der Waals surface area contributed by atoms with Gasteiger partial charge in [0.25, 0.3) is 5.56 Å². The molecule has 1 fully saturated rings. The van der Waals surface area contributed by atoms with Gasteiger partial charge in [0.15, 0.2) is 5.82 Å². The van der Waals surface area contributed by atoms with Gasteiger partial charge < -0.3 is 15.2 Å². The predicted molar refractivity (Wildman–Crippen MR) is 77.8 cm³/mol. The average Bonchev–Trinajstić information content (AvgIpc) is 3.13. The molecule has 0 aliphatic heterocycles. The van der Waals surface area contributed by atoms with Crippen molar-refractivity contribution >= 4 is 11.7 Å². The number of nitrogens with zero attached hydrogens (tertiary/aromatic N) is 2. The minimum Gasteiger partial charge on any atom is -0.365 e. The van der Waals surface area contributed by atoms with Crippen molar-refractivity contribution in [1.29, 1.82) is 0 Å². The smallest absolute Gasteiger partial charge is 0.293 e. The van der Waals surface area contributed by atoms with Gasteiger partial charge in [-0.15, -0.1) is 0 Å². The fourth-order valence-corrected chi connectivity index (χ4v) is 1.88. The van der Waals surface area contributed by atoms with Gasteiger partial charge in [-0.05, 0) is 33.6 Å². The van der Waals surface area contributed by atoms with E-state index in [9.17, 15) is 9.59 Å². The lowest BCUT2D eigenvalue weighted by molar-refractivity contribution is -0.120. The fraction of sp³-hybridized carbons (Fsp3) is 0.643. The van der Waals surface area contributed by atoms with Gasteiger partial charge >= 0.3 is 0 Å². The Bertz CT molecular complexity index is 541. The number of hydrogen-bond acceptors (Lipinski definition) is 4. The summed E-state index contributed by atoms with van der Waals surface area (Å²) in [5.41, 5.74) is -0.456. The molecule has 1 aliphatic carbocycles. The second-order valence-electron chi connectivity index (χ2n) is 6.14. The highest BCUT2D eigenvalue weighted by molar-refractivity contribution is 5.77. The highest BCUT2D eigenvalue weighted by Crippen LogP contribution is 2.18. The normalized spacial score (nSPS) is 14.9. The van der Waals surface area contributed by atoms with E-state index in [1.54, 1.807) is 17.0 Å². The Hall–Kier alpha value is -1.85. The first-order valence-electron chi connectivity index (χ1n) is 6.99. The van der Waals surface area contributed by atoms with Crippen LogP contribution in [0.4, 0.5) is 5.82 Å². The largest absolute Gasteiger partial charge is 0.365 e. The molecular formula is C14H22N4O2. The van der Waals surface area contributed by atoms with Crippen LogP contribution in [0.1, 0.15) is 40.0 Å². The molecule has 1 aliphatic rings. The monoisotopic (exact) mass is 278 g/mol. The Balaban J connectivity index is 1.92. The molecule has 0 radical (unpaired) electrons. The van der Waals surface area contributed by atoms with E-state index in [2.05, 4.69) is 15.6 Å². The standard InChI is InChI=1S/C14H22N4O2/c1-14(2,3)18-9-8-16-12(13(18)20)15-7-6-11(19)17-10-4-5-10/h8-10H,4-7H2,1-3H3,(H,15,16)(H,17,19). The molecule has 0 bridgehead atoms. The van der Waals surface area contributed by atoms with E-state index in [1.807, 2.05) is 20.8 Å². The minimum absolute atomic E-state index is 0.0204. The summed E-state index contributed by atoms with van der Waals surface area (Å²) in [6, 6.07) is 0.371. The van der Waals surface area contributed by atoms with Gasteiger partial charge in [0.05, 0.1) is 0 Å². The molecule has 2 N–H and O–H groups in total. The van der Waals surface area contributed by atoms with Crippen LogP contribution in [0.3, 0.4) is 0 Å². The fourth-order valence-electron chi connectivity index (χ4n) is 1.88. The zero-order valence-electron chi connectivity index (χ0n) is 12.3. The van der Waals surface area contributed by atoms with Crippen LogP contribution in [0.2, 0.25) is 0 Å². The first-order valence-corrected chi connectivity index (χ1v) is 6.99. The number of carbonyl (C=O) groups excluding carboxylic acids is 1. The van der Waals surface area contributed by atoms with Crippen molar-refractivity contribution in [2.45, 2.75) is 51.6 Å². The van der Waals surface area contributed by atoms with Crippen LogP contribution in [-0.2, 0) is 10.3 Å². The maximum absolute atomic E-state index is 12.2. The quantitative estimate of drug-likeness (QED) is 0.845. The van der Waals surface area contributed by atoms with Crippen molar-refractivity contribution in [3.63, 3.8) is 0 Å². The third-order valence-corrected chi connectivity index (χ3v) is 3.15. The number of rotatable bonds is 5. The van der Waals surface area contributed by atoms with Crippen LogP contribution in [-0.4, -0.2) is 28.0 Å². The van der Waals surface area contributed by atoms with Crippen LogP contribution in [0.15, 0.2) is 17.2 Å². The van der Waals surface area contributed by atoms with Gasteiger partial charge in [-0.1, -0.05) is 0 Å². The number of amides is 1. The summed E-state index contributed by atoms with van der Waals surface area (Å²) in [6.45, 7) is 6.29. The molecule has 1 saturated carbocycles. The lowest BCUT2D eigenvalue weighted by Gasteiger charge is -2.22. The zero-order valence-corrected chi connectivity index (χ0v) is 12.3. The first-order chi connectivity index (χ1) is 9.38. The predicted octanol–water partition coefficient (Wildman–Crippen LogP) is 1.08.